The van der Waals surface area contributed by atoms with Crippen LogP contribution >= 0.6 is 0 Å². The van der Waals surface area contributed by atoms with E-state index in [4.69, 9.17) is 0 Å². The third-order valence-electron chi connectivity index (χ3n) is 6.39. The highest BCUT2D eigenvalue weighted by Crippen LogP contribution is 2.70. The Morgan fingerprint density at radius 1 is 1.43 bits per heavy atom. The number of carbonyl (C=O) groups excluding carboxylic acids is 1. The molecule has 4 atom stereocenters. The van der Waals surface area contributed by atoms with Gasteiger partial charge in [0.05, 0.1) is 17.9 Å². The summed E-state index contributed by atoms with van der Waals surface area (Å²) in [6, 6.07) is -0.265. The van der Waals surface area contributed by atoms with Gasteiger partial charge in [-0.15, -0.1) is 0 Å². The number of amides is 1. The number of rotatable bonds is 2. The lowest BCUT2D eigenvalue weighted by molar-refractivity contribution is -0.126. The Hall–Kier alpha value is -0.880. The molecule has 0 unspecified atom stereocenters. The van der Waals surface area contributed by atoms with E-state index >= 15 is 0 Å². The standard InChI is InChI=1S/C15H23NO4S/c1-9(10(2)17)13(18)16-12-7-11-5-6-15(12,14(11,3)4)8-21(16,19)20/h10-12,17H,1,5-8H2,2-4H3/t10-,11+,12+,15+/m0/s1. The maximum Gasteiger partial charge on any atom is 0.265 e. The predicted octanol–water partition coefficient (Wildman–Crippen LogP) is 1.29. The van der Waals surface area contributed by atoms with E-state index in [2.05, 4.69) is 20.4 Å². The molecule has 3 fully saturated rings. The van der Waals surface area contributed by atoms with Crippen molar-refractivity contribution < 1.29 is 18.3 Å². The van der Waals surface area contributed by atoms with Crippen molar-refractivity contribution >= 4 is 15.9 Å². The Kier molecular flexibility index (Phi) is 2.94. The van der Waals surface area contributed by atoms with Gasteiger partial charge in [-0.1, -0.05) is 20.4 Å². The van der Waals surface area contributed by atoms with Crippen molar-refractivity contribution in [3.63, 3.8) is 0 Å². The smallest absolute Gasteiger partial charge is 0.265 e. The van der Waals surface area contributed by atoms with Crippen molar-refractivity contribution in [2.75, 3.05) is 5.75 Å². The topological polar surface area (TPSA) is 74.7 Å². The molecule has 5 nitrogen and oxygen atoms in total. The lowest BCUT2D eigenvalue weighted by Gasteiger charge is -2.37. The molecule has 118 valence electrons. The van der Waals surface area contributed by atoms with Crippen LogP contribution in [0.4, 0.5) is 0 Å². The van der Waals surface area contributed by atoms with E-state index < -0.39 is 22.0 Å². The second kappa shape index (κ2) is 4.10. The molecule has 0 aromatic heterocycles. The zero-order valence-corrected chi connectivity index (χ0v) is 13.6. The second-order valence-electron chi connectivity index (χ2n) is 7.42. The first-order valence-corrected chi connectivity index (χ1v) is 9.09. The fraction of sp³-hybridized carbons (Fsp3) is 0.800. The van der Waals surface area contributed by atoms with E-state index in [-0.39, 0.29) is 28.2 Å². The minimum absolute atomic E-state index is 0.0452. The summed E-state index contributed by atoms with van der Waals surface area (Å²) >= 11 is 0. The Morgan fingerprint density at radius 3 is 2.57 bits per heavy atom. The van der Waals surface area contributed by atoms with Crippen molar-refractivity contribution in [2.45, 2.75) is 52.2 Å². The molecule has 1 spiro atoms. The predicted molar refractivity (Wildman–Crippen MR) is 78.8 cm³/mol. The third-order valence-corrected chi connectivity index (χ3v) is 8.29. The summed E-state index contributed by atoms with van der Waals surface area (Å²) in [5, 5.41) is 9.55. The van der Waals surface area contributed by atoms with Crippen molar-refractivity contribution in [1.82, 2.24) is 4.31 Å². The van der Waals surface area contributed by atoms with Gasteiger partial charge in [0.25, 0.3) is 5.91 Å². The van der Waals surface area contributed by atoms with Gasteiger partial charge in [0.15, 0.2) is 0 Å². The zero-order valence-electron chi connectivity index (χ0n) is 12.8. The van der Waals surface area contributed by atoms with Crippen LogP contribution in [0, 0.1) is 16.7 Å². The molecule has 0 radical (unpaired) electrons. The van der Waals surface area contributed by atoms with E-state index in [0.717, 1.165) is 23.6 Å². The Labute approximate surface area is 126 Å². The average molecular weight is 313 g/mol. The van der Waals surface area contributed by atoms with Crippen molar-refractivity contribution in [3.8, 4) is 0 Å². The zero-order chi connectivity index (χ0) is 15.8. The van der Waals surface area contributed by atoms with E-state index in [1.165, 1.54) is 6.92 Å². The number of aliphatic hydroxyl groups is 1. The highest BCUT2D eigenvalue weighted by atomic mass is 32.2. The van der Waals surface area contributed by atoms with Gasteiger partial charge in [0.1, 0.15) is 0 Å². The van der Waals surface area contributed by atoms with Crippen LogP contribution in [0.15, 0.2) is 12.2 Å². The lowest BCUT2D eigenvalue weighted by Crippen LogP contribution is -2.45. The molecule has 1 aliphatic heterocycles. The maximum absolute atomic E-state index is 12.6. The first-order chi connectivity index (χ1) is 9.54. The lowest BCUT2D eigenvalue weighted by atomic mass is 9.69. The van der Waals surface area contributed by atoms with E-state index in [1.807, 2.05) is 0 Å². The molecule has 2 aliphatic carbocycles. The number of hydrogen-bond donors (Lipinski definition) is 1. The van der Waals surface area contributed by atoms with Crippen LogP contribution in [0.2, 0.25) is 0 Å². The molecule has 21 heavy (non-hydrogen) atoms. The van der Waals surface area contributed by atoms with Crippen molar-refractivity contribution in [2.24, 2.45) is 16.7 Å². The van der Waals surface area contributed by atoms with Crippen LogP contribution < -0.4 is 0 Å². The van der Waals surface area contributed by atoms with Gasteiger partial charge in [-0.25, -0.2) is 12.7 Å². The molecule has 3 aliphatic rings. The Bertz CT molecular complexity index is 622. The molecule has 2 saturated carbocycles. The molecular weight excluding hydrogens is 290 g/mol. The summed E-state index contributed by atoms with van der Waals surface area (Å²) in [5.41, 5.74) is -0.437. The Morgan fingerprint density at radius 2 is 2.05 bits per heavy atom. The minimum atomic E-state index is -3.63. The van der Waals surface area contributed by atoms with Gasteiger partial charge in [-0.3, -0.25) is 4.79 Å². The number of sulfonamides is 1. The number of fused-ring (bicyclic) bond motifs is 1. The Balaban J connectivity index is 2.05. The van der Waals surface area contributed by atoms with Crippen LogP contribution in [0.5, 0.6) is 0 Å². The largest absolute Gasteiger partial charge is 0.389 e. The van der Waals surface area contributed by atoms with Gasteiger partial charge >= 0.3 is 0 Å². The number of aliphatic hydroxyl groups excluding tert-OH is 1. The fourth-order valence-electron chi connectivity index (χ4n) is 4.88. The summed E-state index contributed by atoms with van der Waals surface area (Å²) < 4.78 is 26.2. The molecule has 1 saturated heterocycles. The monoisotopic (exact) mass is 313 g/mol. The van der Waals surface area contributed by atoms with Crippen molar-refractivity contribution in [1.29, 1.82) is 0 Å². The van der Waals surface area contributed by atoms with E-state index in [0.29, 0.717) is 5.92 Å². The molecule has 1 heterocycles. The quantitative estimate of drug-likeness (QED) is 0.780. The number of nitrogens with zero attached hydrogens (tertiary/aromatic N) is 1. The summed E-state index contributed by atoms with van der Waals surface area (Å²) in [6.45, 7) is 9.28. The van der Waals surface area contributed by atoms with Crippen LogP contribution in [-0.2, 0) is 14.8 Å². The SMILES string of the molecule is C=C(C(=O)N1[C@@H]2C[C@H]3CC[C@]2(CS1(=O)=O)C3(C)C)[C@H](C)O. The van der Waals surface area contributed by atoms with Gasteiger partial charge in [-0.05, 0) is 37.5 Å². The van der Waals surface area contributed by atoms with E-state index in [1.54, 1.807) is 0 Å². The van der Waals surface area contributed by atoms with Crippen LogP contribution in [0.25, 0.3) is 0 Å². The highest BCUT2D eigenvalue weighted by Gasteiger charge is 2.72. The van der Waals surface area contributed by atoms with Gasteiger partial charge in [-0.2, -0.15) is 0 Å². The van der Waals surface area contributed by atoms with Crippen LogP contribution in [-0.4, -0.2) is 41.6 Å². The fourth-order valence-corrected chi connectivity index (χ4v) is 7.42. The number of carbonyl (C=O) groups is 1. The van der Waals surface area contributed by atoms with Crippen LogP contribution in [0.1, 0.15) is 40.0 Å². The molecule has 1 amide bonds. The molecule has 0 aromatic carbocycles. The second-order valence-corrected chi connectivity index (χ2v) is 9.27. The summed E-state index contributed by atoms with van der Waals surface area (Å²) in [7, 11) is -3.63. The number of hydrogen-bond acceptors (Lipinski definition) is 4. The minimum Gasteiger partial charge on any atom is -0.389 e. The normalized spacial score (nSPS) is 40.1. The summed E-state index contributed by atoms with van der Waals surface area (Å²) in [6.07, 6.45) is 1.61. The summed E-state index contributed by atoms with van der Waals surface area (Å²) in [4.78, 5) is 12.5. The molecular formula is C15H23NO4S. The van der Waals surface area contributed by atoms with Gasteiger partial charge in [0, 0.05) is 11.0 Å². The molecule has 2 bridgehead atoms. The molecule has 1 N–H and O–H groups in total. The summed E-state index contributed by atoms with van der Waals surface area (Å²) in [5.74, 6) is -0.115. The molecule has 0 aromatic rings. The molecule has 3 rings (SSSR count). The van der Waals surface area contributed by atoms with Crippen LogP contribution in [0.3, 0.4) is 0 Å². The first-order valence-electron chi connectivity index (χ1n) is 7.48. The third kappa shape index (κ3) is 1.66. The first kappa shape index (κ1) is 15.0. The average Bonchev–Trinajstić information content (AvgIpc) is 2.83. The van der Waals surface area contributed by atoms with E-state index in [9.17, 15) is 18.3 Å². The van der Waals surface area contributed by atoms with Crippen molar-refractivity contribution in [3.05, 3.63) is 12.2 Å². The maximum atomic E-state index is 12.6. The van der Waals surface area contributed by atoms with Gasteiger partial charge < -0.3 is 5.11 Å². The molecule has 6 heteroatoms. The van der Waals surface area contributed by atoms with Gasteiger partial charge in [0.2, 0.25) is 10.0 Å². The highest BCUT2D eigenvalue weighted by molar-refractivity contribution is 7.90.